The van der Waals surface area contributed by atoms with E-state index in [0.29, 0.717) is 5.75 Å². The van der Waals surface area contributed by atoms with Gasteiger partial charge in [0.1, 0.15) is 5.75 Å². The Morgan fingerprint density at radius 3 is 2.36 bits per heavy atom. The maximum absolute atomic E-state index is 9.23. The standard InChI is InChI=1S/C13H16O/c14-12-5-3-10(4-6-12)13-8-9-1-2-11(13)7-9/h3-6,9,11,13-14H,1-2,7-8H2/t9-,11+,13+/m1/s1. The quantitative estimate of drug-likeness (QED) is 0.717. The fraction of sp³-hybridized carbons (Fsp3) is 0.538. The Hall–Kier alpha value is -0.980. The first-order valence-electron chi connectivity index (χ1n) is 5.62. The zero-order valence-electron chi connectivity index (χ0n) is 8.32. The van der Waals surface area contributed by atoms with Gasteiger partial charge in [-0.05, 0) is 54.7 Å². The summed E-state index contributed by atoms with van der Waals surface area (Å²) in [6, 6.07) is 7.84. The highest BCUT2D eigenvalue weighted by molar-refractivity contribution is 5.30. The lowest BCUT2D eigenvalue weighted by atomic mass is 9.83. The number of fused-ring (bicyclic) bond motifs is 2. The van der Waals surface area contributed by atoms with Crippen molar-refractivity contribution in [3.63, 3.8) is 0 Å². The van der Waals surface area contributed by atoms with Crippen LogP contribution < -0.4 is 0 Å². The van der Waals surface area contributed by atoms with Crippen molar-refractivity contribution in [1.29, 1.82) is 0 Å². The molecule has 1 N–H and O–H groups in total. The molecule has 2 aliphatic carbocycles. The molecule has 2 bridgehead atoms. The van der Waals surface area contributed by atoms with Gasteiger partial charge in [0.05, 0.1) is 0 Å². The van der Waals surface area contributed by atoms with Gasteiger partial charge in [-0.3, -0.25) is 0 Å². The molecular weight excluding hydrogens is 172 g/mol. The lowest BCUT2D eigenvalue weighted by molar-refractivity contribution is 0.419. The molecule has 0 heterocycles. The van der Waals surface area contributed by atoms with E-state index < -0.39 is 0 Å². The number of aromatic hydroxyl groups is 1. The molecule has 1 aromatic carbocycles. The third kappa shape index (κ3) is 1.23. The number of benzene rings is 1. The van der Waals surface area contributed by atoms with Crippen LogP contribution in [0.25, 0.3) is 0 Å². The average molecular weight is 188 g/mol. The molecule has 2 fully saturated rings. The molecule has 0 spiro atoms. The van der Waals surface area contributed by atoms with E-state index in [4.69, 9.17) is 0 Å². The zero-order valence-corrected chi connectivity index (χ0v) is 8.32. The Bertz CT molecular complexity index is 328. The van der Waals surface area contributed by atoms with Gasteiger partial charge in [-0.2, -0.15) is 0 Å². The molecule has 1 nitrogen and oxygen atoms in total. The van der Waals surface area contributed by atoms with Gasteiger partial charge < -0.3 is 5.11 Å². The third-order valence-corrected chi connectivity index (χ3v) is 4.06. The van der Waals surface area contributed by atoms with Crippen LogP contribution in [0.3, 0.4) is 0 Å². The summed E-state index contributed by atoms with van der Waals surface area (Å²) in [5, 5.41) is 9.23. The van der Waals surface area contributed by atoms with Crippen molar-refractivity contribution in [3.8, 4) is 5.75 Å². The van der Waals surface area contributed by atoms with Crippen LogP contribution in [0.15, 0.2) is 24.3 Å². The van der Waals surface area contributed by atoms with Crippen LogP contribution in [0, 0.1) is 11.8 Å². The zero-order chi connectivity index (χ0) is 9.54. The van der Waals surface area contributed by atoms with E-state index in [2.05, 4.69) is 12.1 Å². The topological polar surface area (TPSA) is 20.2 Å². The van der Waals surface area contributed by atoms with Crippen LogP contribution in [-0.4, -0.2) is 5.11 Å². The maximum atomic E-state index is 9.23. The molecule has 0 aromatic heterocycles. The molecule has 0 amide bonds. The highest BCUT2D eigenvalue weighted by Gasteiger charge is 2.39. The predicted octanol–water partition coefficient (Wildman–Crippen LogP) is 3.30. The molecule has 2 aliphatic rings. The van der Waals surface area contributed by atoms with Crippen molar-refractivity contribution < 1.29 is 5.11 Å². The Morgan fingerprint density at radius 2 is 1.79 bits per heavy atom. The van der Waals surface area contributed by atoms with Gasteiger partial charge in [0, 0.05) is 0 Å². The van der Waals surface area contributed by atoms with Crippen LogP contribution in [0.5, 0.6) is 5.75 Å². The van der Waals surface area contributed by atoms with E-state index in [0.717, 1.165) is 17.8 Å². The molecule has 0 unspecified atom stereocenters. The van der Waals surface area contributed by atoms with Crippen molar-refractivity contribution in [2.24, 2.45) is 11.8 Å². The second-order valence-corrected chi connectivity index (χ2v) is 4.87. The first-order chi connectivity index (χ1) is 6.83. The van der Waals surface area contributed by atoms with E-state index in [-0.39, 0.29) is 0 Å². The summed E-state index contributed by atoms with van der Waals surface area (Å²) < 4.78 is 0. The summed E-state index contributed by atoms with van der Waals surface area (Å²) in [5.41, 5.74) is 1.44. The summed E-state index contributed by atoms with van der Waals surface area (Å²) >= 11 is 0. The van der Waals surface area contributed by atoms with Gasteiger partial charge in [0.15, 0.2) is 0 Å². The summed E-state index contributed by atoms with van der Waals surface area (Å²) in [4.78, 5) is 0. The third-order valence-electron chi connectivity index (χ3n) is 4.06. The molecule has 1 heteroatoms. The van der Waals surface area contributed by atoms with Crippen molar-refractivity contribution in [3.05, 3.63) is 29.8 Å². The van der Waals surface area contributed by atoms with Gasteiger partial charge in [-0.15, -0.1) is 0 Å². The molecule has 14 heavy (non-hydrogen) atoms. The predicted molar refractivity (Wildman–Crippen MR) is 56.3 cm³/mol. The minimum absolute atomic E-state index is 0.386. The van der Waals surface area contributed by atoms with Crippen molar-refractivity contribution in [2.75, 3.05) is 0 Å². The normalized spacial score (nSPS) is 35.0. The molecule has 0 saturated heterocycles. The van der Waals surface area contributed by atoms with E-state index >= 15 is 0 Å². The second-order valence-electron chi connectivity index (χ2n) is 4.87. The summed E-state index contributed by atoms with van der Waals surface area (Å²) in [5.74, 6) is 3.11. The smallest absolute Gasteiger partial charge is 0.115 e. The highest BCUT2D eigenvalue weighted by Crippen LogP contribution is 2.52. The molecule has 0 radical (unpaired) electrons. The lowest BCUT2D eigenvalue weighted by Crippen LogP contribution is -2.07. The van der Waals surface area contributed by atoms with Gasteiger partial charge in [-0.25, -0.2) is 0 Å². The largest absolute Gasteiger partial charge is 0.508 e. The molecule has 3 atom stereocenters. The number of rotatable bonds is 1. The number of phenolic OH excluding ortho intramolecular Hbond substituents is 1. The van der Waals surface area contributed by atoms with Crippen LogP contribution >= 0.6 is 0 Å². The number of hydrogen-bond acceptors (Lipinski definition) is 1. The van der Waals surface area contributed by atoms with Gasteiger partial charge in [0.25, 0.3) is 0 Å². The lowest BCUT2D eigenvalue weighted by Gasteiger charge is -2.21. The Labute approximate surface area is 84.8 Å². The van der Waals surface area contributed by atoms with E-state index in [1.54, 1.807) is 0 Å². The molecular formula is C13H16O. The monoisotopic (exact) mass is 188 g/mol. The van der Waals surface area contributed by atoms with Gasteiger partial charge in [-0.1, -0.05) is 18.6 Å². The van der Waals surface area contributed by atoms with Crippen LogP contribution in [0.2, 0.25) is 0 Å². The fourth-order valence-corrected chi connectivity index (χ4v) is 3.37. The van der Waals surface area contributed by atoms with E-state index in [1.807, 2.05) is 12.1 Å². The summed E-state index contributed by atoms with van der Waals surface area (Å²) in [6.07, 6.45) is 5.72. The molecule has 3 rings (SSSR count). The Morgan fingerprint density at radius 1 is 1.00 bits per heavy atom. The summed E-state index contributed by atoms with van der Waals surface area (Å²) in [7, 11) is 0. The Kier molecular flexibility index (Phi) is 1.79. The fourth-order valence-electron chi connectivity index (χ4n) is 3.37. The number of hydrogen-bond donors (Lipinski definition) is 1. The van der Waals surface area contributed by atoms with Crippen LogP contribution in [-0.2, 0) is 0 Å². The maximum Gasteiger partial charge on any atom is 0.115 e. The minimum atomic E-state index is 0.386. The van der Waals surface area contributed by atoms with Gasteiger partial charge >= 0.3 is 0 Å². The van der Waals surface area contributed by atoms with Crippen molar-refractivity contribution >= 4 is 0 Å². The summed E-state index contributed by atoms with van der Waals surface area (Å²) in [6.45, 7) is 0. The molecule has 74 valence electrons. The van der Waals surface area contributed by atoms with Crippen LogP contribution in [0.1, 0.15) is 37.2 Å². The van der Waals surface area contributed by atoms with Gasteiger partial charge in [0.2, 0.25) is 0 Å². The second kappa shape index (κ2) is 3.01. The Balaban J connectivity index is 1.86. The average Bonchev–Trinajstić information content (AvgIpc) is 2.80. The first-order valence-corrected chi connectivity index (χ1v) is 5.62. The van der Waals surface area contributed by atoms with Crippen molar-refractivity contribution in [2.45, 2.75) is 31.6 Å². The van der Waals surface area contributed by atoms with E-state index in [1.165, 1.54) is 31.2 Å². The SMILES string of the molecule is Oc1ccc([C@@H]2C[C@@H]3CC[C@H]2C3)cc1. The molecule has 2 saturated carbocycles. The van der Waals surface area contributed by atoms with Crippen molar-refractivity contribution in [1.82, 2.24) is 0 Å². The van der Waals surface area contributed by atoms with E-state index in [9.17, 15) is 5.11 Å². The first kappa shape index (κ1) is 8.34. The molecule has 0 aliphatic heterocycles. The minimum Gasteiger partial charge on any atom is -0.508 e. The van der Waals surface area contributed by atoms with Crippen LogP contribution in [0.4, 0.5) is 0 Å². The number of phenols is 1. The highest BCUT2D eigenvalue weighted by atomic mass is 16.3. The molecule has 1 aromatic rings.